The van der Waals surface area contributed by atoms with Crippen molar-refractivity contribution in [1.29, 1.82) is 0 Å². The second-order valence-corrected chi connectivity index (χ2v) is 14.6. The Bertz CT molecular complexity index is 2430. The van der Waals surface area contributed by atoms with Crippen LogP contribution in [0.1, 0.15) is 64.9 Å². The molecule has 1 N–H and O–H groups in total. The second-order valence-electron chi connectivity index (χ2n) is 14.6. The molecular weight excluding hydrogens is 633 g/mol. The number of rotatable bonds is 5. The number of anilines is 2. The van der Waals surface area contributed by atoms with Gasteiger partial charge in [-0.1, -0.05) is 159 Å². The Hall–Kier alpha value is -6.26. The molecule has 4 heteroatoms. The summed E-state index contributed by atoms with van der Waals surface area (Å²) in [5.74, 6) is 1.90. The lowest BCUT2D eigenvalue weighted by Gasteiger charge is -2.31. The molecule has 0 fully saturated rings. The summed E-state index contributed by atoms with van der Waals surface area (Å²) >= 11 is 0. The van der Waals surface area contributed by atoms with Crippen LogP contribution in [0.15, 0.2) is 180 Å². The first-order valence-corrected chi connectivity index (χ1v) is 18.2. The molecule has 52 heavy (non-hydrogen) atoms. The van der Waals surface area contributed by atoms with E-state index in [1.807, 2.05) is 36.4 Å². The Kier molecular flexibility index (Phi) is 7.00. The van der Waals surface area contributed by atoms with Crippen LogP contribution in [0.2, 0.25) is 0 Å². The highest BCUT2D eigenvalue weighted by Gasteiger charge is 2.39. The zero-order valence-electron chi connectivity index (χ0n) is 29.2. The van der Waals surface area contributed by atoms with E-state index in [4.69, 9.17) is 9.98 Å². The summed E-state index contributed by atoms with van der Waals surface area (Å²) in [6.45, 7) is 4.71. The van der Waals surface area contributed by atoms with Gasteiger partial charge in [-0.3, -0.25) is 0 Å². The quantitative estimate of drug-likeness (QED) is 0.198. The van der Waals surface area contributed by atoms with Crippen LogP contribution in [0.4, 0.5) is 11.4 Å². The van der Waals surface area contributed by atoms with Gasteiger partial charge in [0, 0.05) is 39.4 Å². The fourth-order valence-corrected chi connectivity index (χ4v) is 8.64. The van der Waals surface area contributed by atoms with Crippen molar-refractivity contribution in [3.8, 4) is 11.1 Å². The molecule has 2 atom stereocenters. The first-order valence-electron chi connectivity index (χ1n) is 18.2. The van der Waals surface area contributed by atoms with E-state index in [1.165, 1.54) is 44.6 Å². The molecule has 0 saturated heterocycles. The van der Waals surface area contributed by atoms with Crippen molar-refractivity contribution < 1.29 is 0 Å². The molecule has 0 amide bonds. The maximum atomic E-state index is 5.17. The number of para-hydroxylation sites is 1. The van der Waals surface area contributed by atoms with Crippen LogP contribution >= 0.6 is 0 Å². The molecule has 0 bridgehead atoms. The number of allylic oxidation sites excluding steroid dienone is 2. The molecule has 2 heterocycles. The van der Waals surface area contributed by atoms with E-state index in [-0.39, 0.29) is 17.4 Å². The van der Waals surface area contributed by atoms with Gasteiger partial charge in [-0.25, -0.2) is 9.98 Å². The van der Waals surface area contributed by atoms with Crippen molar-refractivity contribution in [1.82, 2.24) is 5.32 Å². The van der Waals surface area contributed by atoms with E-state index in [0.717, 1.165) is 34.0 Å². The number of fused-ring (bicyclic) bond motifs is 6. The molecule has 0 spiro atoms. The highest BCUT2D eigenvalue weighted by atomic mass is 15.2. The summed E-state index contributed by atoms with van der Waals surface area (Å²) in [7, 11) is 0. The highest BCUT2D eigenvalue weighted by Crippen LogP contribution is 2.51. The van der Waals surface area contributed by atoms with Crippen LogP contribution in [-0.4, -0.2) is 17.7 Å². The number of nitrogens with one attached hydrogen (secondary N) is 1. The van der Waals surface area contributed by atoms with Crippen molar-refractivity contribution in [2.75, 3.05) is 4.90 Å². The Morgan fingerprint density at radius 2 is 1.27 bits per heavy atom. The zero-order valence-corrected chi connectivity index (χ0v) is 29.2. The third kappa shape index (κ3) is 4.90. The minimum Gasteiger partial charge on any atom is -0.333 e. The fraction of sp³-hybridized carbons (Fsp3) is 0.125. The van der Waals surface area contributed by atoms with E-state index in [9.17, 15) is 0 Å². The van der Waals surface area contributed by atoms with E-state index < -0.39 is 6.17 Å². The van der Waals surface area contributed by atoms with Crippen molar-refractivity contribution in [2.45, 2.75) is 37.4 Å². The Morgan fingerprint density at radius 3 is 2.04 bits per heavy atom. The third-order valence-electron chi connectivity index (χ3n) is 11.3. The van der Waals surface area contributed by atoms with E-state index in [1.54, 1.807) is 0 Å². The largest absolute Gasteiger partial charge is 0.333 e. The normalized spacial score (nSPS) is 19.4. The predicted octanol–water partition coefficient (Wildman–Crippen LogP) is 10.7. The summed E-state index contributed by atoms with van der Waals surface area (Å²) in [4.78, 5) is 12.9. The third-order valence-corrected chi connectivity index (χ3v) is 11.3. The molecule has 250 valence electrons. The van der Waals surface area contributed by atoms with Crippen molar-refractivity contribution in [2.24, 2.45) is 9.98 Å². The predicted molar refractivity (Wildman–Crippen MR) is 215 cm³/mol. The van der Waals surface area contributed by atoms with Crippen molar-refractivity contribution in [3.05, 3.63) is 209 Å². The van der Waals surface area contributed by atoms with Gasteiger partial charge in [-0.05, 0) is 63.2 Å². The average molecular weight is 671 g/mol. The topological polar surface area (TPSA) is 40.0 Å². The van der Waals surface area contributed by atoms with E-state index in [0.29, 0.717) is 0 Å². The lowest BCUT2D eigenvalue weighted by molar-refractivity contribution is 0.660. The van der Waals surface area contributed by atoms with E-state index in [2.05, 4.69) is 158 Å². The summed E-state index contributed by atoms with van der Waals surface area (Å²) in [6.07, 6.45) is 6.84. The number of nitrogens with zero attached hydrogens (tertiary/aromatic N) is 3. The van der Waals surface area contributed by atoms with Gasteiger partial charge in [0.2, 0.25) is 0 Å². The molecule has 0 radical (unpaired) electrons. The van der Waals surface area contributed by atoms with Gasteiger partial charge in [0.05, 0.1) is 6.04 Å². The van der Waals surface area contributed by atoms with Gasteiger partial charge < -0.3 is 10.2 Å². The molecule has 0 aromatic heterocycles. The van der Waals surface area contributed by atoms with Gasteiger partial charge in [-0.2, -0.15) is 0 Å². The van der Waals surface area contributed by atoms with E-state index >= 15 is 0 Å². The maximum Gasteiger partial charge on any atom is 0.169 e. The van der Waals surface area contributed by atoms with Crippen LogP contribution in [-0.2, 0) is 5.41 Å². The molecule has 2 aliphatic carbocycles. The van der Waals surface area contributed by atoms with Gasteiger partial charge in [0.15, 0.2) is 6.17 Å². The molecule has 0 saturated carbocycles. The molecule has 4 nitrogen and oxygen atoms in total. The average Bonchev–Trinajstić information content (AvgIpc) is 3.66. The molecule has 2 aliphatic heterocycles. The minimum absolute atomic E-state index is 0.0418. The van der Waals surface area contributed by atoms with Crippen molar-refractivity contribution in [3.63, 3.8) is 0 Å². The molecule has 2 unspecified atom stereocenters. The van der Waals surface area contributed by atoms with Crippen LogP contribution < -0.4 is 10.2 Å². The number of amidine groups is 2. The summed E-state index contributed by atoms with van der Waals surface area (Å²) in [5.41, 5.74) is 14.9. The maximum absolute atomic E-state index is 5.17. The number of benzene rings is 6. The molecule has 10 rings (SSSR count). The fourth-order valence-electron chi connectivity index (χ4n) is 8.64. The molecule has 6 aromatic carbocycles. The Morgan fingerprint density at radius 1 is 0.596 bits per heavy atom. The lowest BCUT2D eigenvalue weighted by atomic mass is 9.81. The molecule has 6 aromatic rings. The summed E-state index contributed by atoms with van der Waals surface area (Å²) in [6, 6.07) is 54.4. The number of aliphatic imine (C=N–C) groups is 2. The second kappa shape index (κ2) is 11.9. The van der Waals surface area contributed by atoms with Gasteiger partial charge in [0.25, 0.3) is 0 Å². The van der Waals surface area contributed by atoms with Crippen molar-refractivity contribution >= 4 is 28.6 Å². The molecule has 4 aliphatic rings. The van der Waals surface area contributed by atoms with Gasteiger partial charge >= 0.3 is 0 Å². The smallest absolute Gasteiger partial charge is 0.169 e. The SMILES string of the molecule is CC1(C)c2ccccc2-c2ccc(C3=CC4C(C=C3)c3ccccc3N4c3cccc(C4N=C(c5ccccc5)NC(c5ccccc5)=N4)c3)cc21. The minimum atomic E-state index is -0.392. The van der Waals surface area contributed by atoms with Crippen LogP contribution in [0.3, 0.4) is 0 Å². The van der Waals surface area contributed by atoms with Crippen LogP contribution in [0.5, 0.6) is 0 Å². The number of hydrogen-bond acceptors (Lipinski definition) is 4. The number of hydrogen-bond donors (Lipinski definition) is 1. The van der Waals surface area contributed by atoms with Crippen LogP contribution in [0, 0.1) is 0 Å². The highest BCUT2D eigenvalue weighted by molar-refractivity contribution is 6.15. The van der Waals surface area contributed by atoms with Gasteiger partial charge in [-0.15, -0.1) is 0 Å². The zero-order chi connectivity index (χ0) is 34.8. The summed E-state index contributed by atoms with van der Waals surface area (Å²) in [5, 5.41) is 3.53. The van der Waals surface area contributed by atoms with Crippen LogP contribution in [0.25, 0.3) is 16.7 Å². The monoisotopic (exact) mass is 670 g/mol. The molecular formula is C48H38N4. The first-order chi connectivity index (χ1) is 25.5. The Balaban J connectivity index is 1.05. The Labute approximate surface area is 305 Å². The standard InChI is InChI=1S/C48H38N4/c1-48(2)41-22-11-9-20-37(41)38-26-24-33(29-42(38)48)34-25-27-40-39-21-10-12-23-43(39)52(44(40)30-34)36-19-13-18-35(28-36)47-50-45(31-14-5-3-6-15-31)49-46(51-47)32-16-7-4-8-17-32/h3-30,40,44,47H,1-2H3,(H,49,50,51). The first kappa shape index (κ1) is 30.6. The summed E-state index contributed by atoms with van der Waals surface area (Å²) < 4.78 is 0. The lowest BCUT2D eigenvalue weighted by Crippen LogP contribution is -2.36. The van der Waals surface area contributed by atoms with Gasteiger partial charge in [0.1, 0.15) is 11.7 Å².